The van der Waals surface area contributed by atoms with Gasteiger partial charge in [0.25, 0.3) is 0 Å². The summed E-state index contributed by atoms with van der Waals surface area (Å²) >= 11 is 0. The summed E-state index contributed by atoms with van der Waals surface area (Å²) in [5.41, 5.74) is 1.41. The Morgan fingerprint density at radius 1 is 1.20 bits per heavy atom. The number of hydrogen-bond acceptors (Lipinski definition) is 1. The molecule has 1 radical (unpaired) electrons. The van der Waals surface area contributed by atoms with Gasteiger partial charge in [-0.15, -0.1) is 0 Å². The van der Waals surface area contributed by atoms with Crippen LogP contribution in [-0.2, 0) is 6.42 Å². The van der Waals surface area contributed by atoms with Crippen molar-refractivity contribution in [3.8, 4) is 0 Å². The van der Waals surface area contributed by atoms with Gasteiger partial charge in [0.2, 0.25) is 0 Å². The maximum atomic E-state index is 4.06. The Kier molecular flexibility index (Phi) is 3.76. The zero-order valence-electron chi connectivity index (χ0n) is 9.58. The van der Waals surface area contributed by atoms with Crippen molar-refractivity contribution in [2.75, 3.05) is 0 Å². The first-order valence-corrected chi connectivity index (χ1v) is 6.07. The molecule has 0 amide bonds. The molecule has 0 bridgehead atoms. The molecule has 0 spiro atoms. The van der Waals surface area contributed by atoms with Crippen molar-refractivity contribution in [1.82, 2.24) is 4.98 Å². The molecule has 0 aromatic carbocycles. The quantitative estimate of drug-likeness (QED) is 0.726. The van der Waals surface area contributed by atoms with Crippen molar-refractivity contribution in [3.63, 3.8) is 0 Å². The Balaban J connectivity index is 1.88. The Labute approximate surface area is 92.9 Å². The van der Waals surface area contributed by atoms with Crippen LogP contribution in [0.5, 0.6) is 0 Å². The molecule has 1 aromatic rings. The highest BCUT2D eigenvalue weighted by Crippen LogP contribution is 2.32. The molecule has 15 heavy (non-hydrogen) atoms. The summed E-state index contributed by atoms with van der Waals surface area (Å²) < 4.78 is 0. The average Bonchev–Trinajstić information content (AvgIpc) is 2.31. The molecule has 1 aromatic heterocycles. The molecule has 1 saturated carbocycles. The molecule has 1 heterocycles. The minimum atomic E-state index is 0.881. The van der Waals surface area contributed by atoms with E-state index >= 15 is 0 Å². The van der Waals surface area contributed by atoms with E-state index in [1.54, 1.807) is 5.92 Å². The average molecular weight is 202 g/mol. The summed E-state index contributed by atoms with van der Waals surface area (Å²) in [6.45, 7) is 2.33. The number of pyridine rings is 1. The van der Waals surface area contributed by atoms with Crippen molar-refractivity contribution in [1.29, 1.82) is 0 Å². The largest absolute Gasteiger partial charge is 0.265 e. The maximum Gasteiger partial charge on any atom is 0.0270 e. The van der Waals surface area contributed by atoms with Gasteiger partial charge in [0, 0.05) is 12.4 Å². The fraction of sp³-hybridized carbons (Fsp3) is 0.571. The van der Waals surface area contributed by atoms with E-state index in [1.807, 2.05) is 12.4 Å². The monoisotopic (exact) mass is 202 g/mol. The van der Waals surface area contributed by atoms with Crippen LogP contribution in [0, 0.1) is 11.8 Å². The van der Waals surface area contributed by atoms with E-state index in [0.29, 0.717) is 0 Å². The predicted molar refractivity (Wildman–Crippen MR) is 63.4 cm³/mol. The Morgan fingerprint density at radius 3 is 2.53 bits per heavy atom. The molecule has 1 aliphatic rings. The lowest BCUT2D eigenvalue weighted by molar-refractivity contribution is 0.364. The minimum Gasteiger partial charge on any atom is -0.265 e. The minimum absolute atomic E-state index is 0.881. The highest BCUT2D eigenvalue weighted by Gasteiger charge is 2.20. The first-order chi connectivity index (χ1) is 7.36. The van der Waals surface area contributed by atoms with Crippen LogP contribution in [-0.4, -0.2) is 4.98 Å². The zero-order chi connectivity index (χ0) is 10.5. The first-order valence-electron chi connectivity index (χ1n) is 6.07. The summed E-state index contributed by atoms with van der Waals surface area (Å²) in [5.74, 6) is 2.55. The van der Waals surface area contributed by atoms with Crippen LogP contribution in [0.1, 0.15) is 44.6 Å². The smallest absolute Gasteiger partial charge is 0.0270 e. The molecule has 0 unspecified atom stereocenters. The van der Waals surface area contributed by atoms with Gasteiger partial charge in [-0.25, -0.2) is 0 Å². The third-order valence-corrected chi connectivity index (χ3v) is 3.53. The van der Waals surface area contributed by atoms with Crippen LogP contribution in [0.3, 0.4) is 0 Å². The first kappa shape index (κ1) is 10.7. The Hall–Kier alpha value is -0.850. The van der Waals surface area contributed by atoms with Crippen LogP contribution in [0.4, 0.5) is 0 Å². The predicted octanol–water partition coefficient (Wildman–Crippen LogP) is 3.80. The fourth-order valence-corrected chi connectivity index (χ4v) is 2.56. The number of nitrogens with zero attached hydrogens (tertiary/aromatic N) is 1. The standard InChI is InChI=1S/C14H20N/c1-12(14-5-3-2-4-6-14)11-13-7-9-15-10-8-13/h7-10,14H,2-6,11H2,1H3. The number of hydrogen-bond donors (Lipinski definition) is 0. The second-order valence-electron chi connectivity index (χ2n) is 4.71. The molecule has 0 saturated heterocycles. The third kappa shape index (κ3) is 3.05. The molecule has 1 aliphatic carbocycles. The van der Waals surface area contributed by atoms with E-state index in [0.717, 1.165) is 12.3 Å². The summed E-state index contributed by atoms with van der Waals surface area (Å²) in [7, 11) is 0. The highest BCUT2D eigenvalue weighted by molar-refractivity contribution is 5.16. The molecule has 1 nitrogen and oxygen atoms in total. The van der Waals surface area contributed by atoms with Gasteiger partial charge in [0.1, 0.15) is 0 Å². The van der Waals surface area contributed by atoms with E-state index in [2.05, 4.69) is 24.0 Å². The van der Waals surface area contributed by atoms with Crippen LogP contribution in [0.2, 0.25) is 0 Å². The molecule has 1 fully saturated rings. The molecular formula is C14H20N. The fourth-order valence-electron chi connectivity index (χ4n) is 2.56. The SMILES string of the molecule is C[C](Cc1ccncc1)C1CCCCC1. The highest BCUT2D eigenvalue weighted by atomic mass is 14.6. The van der Waals surface area contributed by atoms with Gasteiger partial charge in [-0.1, -0.05) is 26.2 Å². The molecule has 81 valence electrons. The van der Waals surface area contributed by atoms with Crippen LogP contribution in [0.25, 0.3) is 0 Å². The van der Waals surface area contributed by atoms with Gasteiger partial charge >= 0.3 is 0 Å². The van der Waals surface area contributed by atoms with E-state index in [1.165, 1.54) is 37.7 Å². The summed E-state index contributed by atoms with van der Waals surface area (Å²) in [6, 6.07) is 4.26. The second-order valence-corrected chi connectivity index (χ2v) is 4.71. The van der Waals surface area contributed by atoms with Gasteiger partial charge in [-0.3, -0.25) is 4.98 Å². The van der Waals surface area contributed by atoms with Crippen molar-refractivity contribution < 1.29 is 0 Å². The second kappa shape index (κ2) is 5.29. The maximum absolute atomic E-state index is 4.06. The zero-order valence-corrected chi connectivity index (χ0v) is 9.58. The van der Waals surface area contributed by atoms with Crippen molar-refractivity contribution in [3.05, 3.63) is 36.0 Å². The van der Waals surface area contributed by atoms with E-state index < -0.39 is 0 Å². The molecule has 0 N–H and O–H groups in total. The summed E-state index contributed by atoms with van der Waals surface area (Å²) in [4.78, 5) is 4.06. The van der Waals surface area contributed by atoms with Gasteiger partial charge in [-0.2, -0.15) is 0 Å². The molecule has 1 heteroatoms. The van der Waals surface area contributed by atoms with Crippen LogP contribution in [0.15, 0.2) is 24.5 Å². The van der Waals surface area contributed by atoms with E-state index in [-0.39, 0.29) is 0 Å². The summed E-state index contributed by atoms with van der Waals surface area (Å²) in [5, 5.41) is 0. The molecular weight excluding hydrogens is 182 g/mol. The number of rotatable bonds is 3. The normalized spacial score (nSPS) is 18.3. The van der Waals surface area contributed by atoms with Gasteiger partial charge in [0.15, 0.2) is 0 Å². The number of aromatic nitrogens is 1. The van der Waals surface area contributed by atoms with Crippen molar-refractivity contribution >= 4 is 0 Å². The third-order valence-electron chi connectivity index (χ3n) is 3.53. The topological polar surface area (TPSA) is 12.9 Å². The lowest BCUT2D eigenvalue weighted by Crippen LogP contribution is -2.15. The lowest BCUT2D eigenvalue weighted by atomic mass is 9.78. The van der Waals surface area contributed by atoms with Crippen molar-refractivity contribution in [2.24, 2.45) is 5.92 Å². The summed E-state index contributed by atoms with van der Waals surface area (Å²) in [6.07, 6.45) is 12.1. The van der Waals surface area contributed by atoms with Crippen LogP contribution < -0.4 is 0 Å². The van der Waals surface area contributed by atoms with E-state index in [4.69, 9.17) is 0 Å². The van der Waals surface area contributed by atoms with Gasteiger partial charge in [-0.05, 0) is 48.8 Å². The van der Waals surface area contributed by atoms with Gasteiger partial charge < -0.3 is 0 Å². The molecule has 0 atom stereocenters. The Bertz CT molecular complexity index is 275. The Morgan fingerprint density at radius 2 is 1.87 bits per heavy atom. The molecule has 2 rings (SSSR count). The van der Waals surface area contributed by atoms with E-state index in [9.17, 15) is 0 Å². The molecule has 0 aliphatic heterocycles. The van der Waals surface area contributed by atoms with Crippen LogP contribution >= 0.6 is 0 Å². The van der Waals surface area contributed by atoms with Crippen molar-refractivity contribution in [2.45, 2.75) is 45.4 Å². The van der Waals surface area contributed by atoms with Gasteiger partial charge in [0.05, 0.1) is 0 Å². The lowest BCUT2D eigenvalue weighted by Gasteiger charge is -2.27.